The highest BCUT2D eigenvalue weighted by atomic mass is 35.5. The number of piperidine rings is 1. The summed E-state index contributed by atoms with van der Waals surface area (Å²) in [4.78, 5) is 7.13. The van der Waals surface area contributed by atoms with E-state index in [1.165, 1.54) is 18.5 Å². The molecule has 4 heteroatoms. The summed E-state index contributed by atoms with van der Waals surface area (Å²) in [6, 6.07) is 0. The first-order valence-electron chi connectivity index (χ1n) is 4.72. The fourth-order valence-corrected chi connectivity index (χ4v) is 2.20. The summed E-state index contributed by atoms with van der Waals surface area (Å²) in [6.07, 6.45) is 7.19. The Labute approximate surface area is 83.2 Å². The Morgan fingerprint density at radius 1 is 1.69 bits per heavy atom. The molecule has 1 atom stereocenters. The van der Waals surface area contributed by atoms with Crippen LogP contribution in [0.25, 0.3) is 0 Å². The molecule has 0 spiro atoms. The van der Waals surface area contributed by atoms with Crippen LogP contribution in [0.2, 0.25) is 0 Å². The molecule has 0 aliphatic carbocycles. The van der Waals surface area contributed by atoms with E-state index < -0.39 is 0 Å². The van der Waals surface area contributed by atoms with Gasteiger partial charge in [0, 0.05) is 25.0 Å². The summed E-state index contributed by atoms with van der Waals surface area (Å²) in [5.41, 5.74) is 1.22. The highest BCUT2D eigenvalue weighted by Gasteiger charge is 2.18. The van der Waals surface area contributed by atoms with Crippen molar-refractivity contribution in [2.45, 2.75) is 19.3 Å². The Balaban J connectivity index is 1.87. The lowest BCUT2D eigenvalue weighted by molar-refractivity contribution is 0.274. The molecular weight excluding hydrogens is 186 g/mol. The number of hydrogen-bond acceptors (Lipinski definition) is 2. The number of nitrogens with one attached hydrogen (secondary N) is 1. The third-order valence-corrected chi connectivity index (χ3v) is 2.84. The van der Waals surface area contributed by atoms with E-state index >= 15 is 0 Å². The number of hydrogen-bond donors (Lipinski definition) is 1. The molecule has 1 unspecified atom stereocenters. The van der Waals surface area contributed by atoms with Crippen molar-refractivity contribution in [3.8, 4) is 0 Å². The summed E-state index contributed by atoms with van der Waals surface area (Å²) in [6.45, 7) is 2.03. The molecule has 1 aromatic heterocycles. The molecule has 1 aliphatic heterocycles. The van der Waals surface area contributed by atoms with Crippen LogP contribution in [0.5, 0.6) is 0 Å². The van der Waals surface area contributed by atoms with E-state index in [0.29, 0.717) is 5.92 Å². The van der Waals surface area contributed by atoms with Crippen molar-refractivity contribution in [1.29, 1.82) is 0 Å². The lowest BCUT2D eigenvalue weighted by atomic mass is 9.95. The maximum absolute atomic E-state index is 5.96. The second kappa shape index (κ2) is 4.11. The van der Waals surface area contributed by atoms with Crippen LogP contribution in [-0.2, 0) is 6.42 Å². The van der Waals surface area contributed by atoms with Gasteiger partial charge in [-0.15, -0.1) is 0 Å². The first kappa shape index (κ1) is 9.03. The molecule has 0 aromatic carbocycles. The van der Waals surface area contributed by atoms with Crippen molar-refractivity contribution in [3.05, 3.63) is 18.2 Å². The van der Waals surface area contributed by atoms with Crippen molar-refractivity contribution in [2.75, 3.05) is 13.1 Å². The molecule has 0 saturated carbocycles. The second-order valence-corrected chi connectivity index (χ2v) is 4.14. The highest BCUT2D eigenvalue weighted by Crippen LogP contribution is 2.20. The number of H-pyrrole nitrogens is 1. The minimum absolute atomic E-state index is 0.687. The molecule has 1 aliphatic rings. The van der Waals surface area contributed by atoms with Gasteiger partial charge in [-0.25, -0.2) is 9.40 Å². The number of nitrogens with zero attached hydrogens (tertiary/aromatic N) is 2. The zero-order valence-corrected chi connectivity index (χ0v) is 8.30. The maximum atomic E-state index is 5.96. The summed E-state index contributed by atoms with van der Waals surface area (Å²) < 4.78 is 1.89. The number of aromatic amines is 1. The van der Waals surface area contributed by atoms with Gasteiger partial charge in [0.15, 0.2) is 0 Å². The van der Waals surface area contributed by atoms with Crippen molar-refractivity contribution >= 4 is 11.8 Å². The van der Waals surface area contributed by atoms with Gasteiger partial charge in [0.1, 0.15) is 0 Å². The van der Waals surface area contributed by atoms with Gasteiger partial charge in [-0.1, -0.05) is 0 Å². The first-order valence-corrected chi connectivity index (χ1v) is 5.06. The van der Waals surface area contributed by atoms with E-state index in [4.69, 9.17) is 11.8 Å². The number of rotatable bonds is 2. The third kappa shape index (κ3) is 2.45. The topological polar surface area (TPSA) is 31.9 Å². The van der Waals surface area contributed by atoms with E-state index in [9.17, 15) is 0 Å². The average molecular weight is 200 g/mol. The van der Waals surface area contributed by atoms with Gasteiger partial charge in [-0.2, -0.15) is 0 Å². The monoisotopic (exact) mass is 199 g/mol. The number of aromatic nitrogens is 2. The summed E-state index contributed by atoms with van der Waals surface area (Å²) in [5, 5.41) is 0. The normalized spacial score (nSPS) is 24.8. The lowest BCUT2D eigenvalue weighted by Crippen LogP contribution is -2.29. The van der Waals surface area contributed by atoms with Crippen molar-refractivity contribution in [1.82, 2.24) is 14.4 Å². The van der Waals surface area contributed by atoms with Crippen LogP contribution < -0.4 is 0 Å². The predicted molar refractivity (Wildman–Crippen MR) is 52.4 cm³/mol. The zero-order valence-electron chi connectivity index (χ0n) is 7.54. The maximum Gasteiger partial charge on any atom is 0.0921 e. The van der Waals surface area contributed by atoms with Crippen LogP contribution in [0.4, 0.5) is 0 Å². The molecule has 1 saturated heterocycles. The Morgan fingerprint density at radius 3 is 3.31 bits per heavy atom. The van der Waals surface area contributed by atoms with Crippen molar-refractivity contribution < 1.29 is 0 Å². The molecule has 3 nitrogen and oxygen atoms in total. The second-order valence-electron chi connectivity index (χ2n) is 3.66. The SMILES string of the molecule is ClN1CCCC(Cc2cnc[nH]2)C1. The van der Waals surface area contributed by atoms with Gasteiger partial charge in [0.05, 0.1) is 6.33 Å². The molecule has 72 valence electrons. The number of halogens is 1. The van der Waals surface area contributed by atoms with Gasteiger partial charge in [-0.3, -0.25) is 0 Å². The molecule has 2 heterocycles. The van der Waals surface area contributed by atoms with E-state index in [2.05, 4.69) is 9.97 Å². The Morgan fingerprint density at radius 2 is 2.62 bits per heavy atom. The Bertz CT molecular complexity index is 247. The summed E-state index contributed by atoms with van der Waals surface area (Å²) >= 11 is 5.96. The van der Waals surface area contributed by atoms with Crippen LogP contribution in [0, 0.1) is 5.92 Å². The molecule has 0 amide bonds. The minimum atomic E-state index is 0.687. The molecule has 0 radical (unpaired) electrons. The molecule has 1 N–H and O–H groups in total. The quantitative estimate of drug-likeness (QED) is 0.737. The molecule has 13 heavy (non-hydrogen) atoms. The minimum Gasteiger partial charge on any atom is -0.348 e. The van der Waals surface area contributed by atoms with Gasteiger partial charge < -0.3 is 4.98 Å². The smallest absolute Gasteiger partial charge is 0.0921 e. The molecule has 1 fully saturated rings. The van der Waals surface area contributed by atoms with E-state index in [1.807, 2.05) is 10.6 Å². The van der Waals surface area contributed by atoms with Gasteiger partial charge in [0.25, 0.3) is 0 Å². The van der Waals surface area contributed by atoms with Gasteiger partial charge in [0.2, 0.25) is 0 Å². The van der Waals surface area contributed by atoms with Gasteiger partial charge >= 0.3 is 0 Å². The fourth-order valence-electron chi connectivity index (χ4n) is 1.89. The zero-order chi connectivity index (χ0) is 9.10. The lowest BCUT2D eigenvalue weighted by Gasteiger charge is -2.26. The van der Waals surface area contributed by atoms with Crippen LogP contribution in [0.3, 0.4) is 0 Å². The van der Waals surface area contributed by atoms with Crippen LogP contribution in [0.1, 0.15) is 18.5 Å². The Kier molecular flexibility index (Phi) is 2.86. The highest BCUT2D eigenvalue weighted by molar-refractivity contribution is 6.13. The third-order valence-electron chi connectivity index (χ3n) is 2.53. The number of imidazole rings is 1. The summed E-state index contributed by atoms with van der Waals surface area (Å²) in [7, 11) is 0. The van der Waals surface area contributed by atoms with Crippen LogP contribution in [0.15, 0.2) is 12.5 Å². The van der Waals surface area contributed by atoms with E-state index in [0.717, 1.165) is 19.5 Å². The molecule has 0 bridgehead atoms. The summed E-state index contributed by atoms with van der Waals surface area (Å²) in [5.74, 6) is 0.687. The average Bonchev–Trinajstić information content (AvgIpc) is 2.57. The van der Waals surface area contributed by atoms with E-state index in [1.54, 1.807) is 6.33 Å². The molecule has 1 aromatic rings. The predicted octanol–water partition coefficient (Wildman–Crippen LogP) is 1.82. The van der Waals surface area contributed by atoms with Crippen molar-refractivity contribution in [3.63, 3.8) is 0 Å². The fraction of sp³-hybridized carbons (Fsp3) is 0.667. The van der Waals surface area contributed by atoms with Crippen LogP contribution >= 0.6 is 11.8 Å². The standard InChI is InChI=1S/C9H14ClN3/c10-13-3-1-2-8(6-13)4-9-5-11-7-12-9/h5,7-8H,1-4,6H2,(H,11,12). The van der Waals surface area contributed by atoms with E-state index in [-0.39, 0.29) is 0 Å². The van der Waals surface area contributed by atoms with Gasteiger partial charge in [-0.05, 0) is 37.0 Å². The molecule has 2 rings (SSSR count). The van der Waals surface area contributed by atoms with Crippen LogP contribution in [-0.4, -0.2) is 27.5 Å². The first-order chi connectivity index (χ1) is 6.34. The Hall–Kier alpha value is -0.540. The molecular formula is C9H14ClN3. The van der Waals surface area contributed by atoms with Crippen molar-refractivity contribution in [2.24, 2.45) is 5.92 Å². The largest absolute Gasteiger partial charge is 0.348 e.